The lowest BCUT2D eigenvalue weighted by atomic mass is 10.2. The number of aromatic nitrogens is 4. The standard InChI is InChI=1S/C22H20ClN5O4/c1-2-4-15-11-20(29)26-22(24-15)28-19(12-17(27-28)18-5-3-10-31-18)25-21(30)13-32-16-8-6-14(23)7-9-16/h3,5-12H,2,4,13H2,1H3,(H,25,30)(H,24,26,29). The average molecular weight is 454 g/mol. The Kier molecular flexibility index (Phi) is 6.37. The molecule has 164 valence electrons. The highest BCUT2D eigenvalue weighted by molar-refractivity contribution is 6.30. The number of carbonyl (C=O) groups is 1. The summed E-state index contributed by atoms with van der Waals surface area (Å²) in [6, 6.07) is 13.2. The molecule has 3 aromatic heterocycles. The van der Waals surface area contributed by atoms with E-state index in [-0.39, 0.29) is 18.1 Å². The summed E-state index contributed by atoms with van der Waals surface area (Å²) in [5, 5.41) is 7.79. The third-order valence-electron chi connectivity index (χ3n) is 4.42. The molecule has 1 aromatic carbocycles. The summed E-state index contributed by atoms with van der Waals surface area (Å²) >= 11 is 5.86. The number of hydrogen-bond acceptors (Lipinski definition) is 6. The van der Waals surface area contributed by atoms with Gasteiger partial charge in [0.25, 0.3) is 11.5 Å². The number of aryl methyl sites for hydroxylation is 1. The monoisotopic (exact) mass is 453 g/mol. The number of hydrogen-bond donors (Lipinski definition) is 2. The Morgan fingerprint density at radius 3 is 2.78 bits per heavy atom. The van der Waals surface area contributed by atoms with Crippen LogP contribution in [0.15, 0.2) is 64.0 Å². The summed E-state index contributed by atoms with van der Waals surface area (Å²) in [6.07, 6.45) is 2.99. The molecule has 2 N–H and O–H groups in total. The number of anilines is 1. The van der Waals surface area contributed by atoms with Gasteiger partial charge in [0.2, 0.25) is 5.95 Å². The summed E-state index contributed by atoms with van der Waals surface area (Å²) in [6.45, 7) is 1.76. The summed E-state index contributed by atoms with van der Waals surface area (Å²) in [5.41, 5.74) is 0.786. The van der Waals surface area contributed by atoms with Crippen LogP contribution in [0, 0.1) is 0 Å². The Morgan fingerprint density at radius 2 is 2.06 bits per heavy atom. The quantitative estimate of drug-likeness (QED) is 0.419. The van der Waals surface area contributed by atoms with Crippen LogP contribution in [-0.2, 0) is 11.2 Å². The van der Waals surface area contributed by atoms with Gasteiger partial charge >= 0.3 is 0 Å². The van der Waals surface area contributed by atoms with Crippen LogP contribution in [0.25, 0.3) is 17.4 Å². The molecule has 0 radical (unpaired) electrons. The predicted molar refractivity (Wildman–Crippen MR) is 119 cm³/mol. The number of nitrogens with one attached hydrogen (secondary N) is 2. The van der Waals surface area contributed by atoms with Crippen molar-refractivity contribution in [3.8, 4) is 23.2 Å². The second kappa shape index (κ2) is 9.52. The zero-order valence-electron chi connectivity index (χ0n) is 17.2. The Labute approximate surface area is 188 Å². The van der Waals surface area contributed by atoms with Gasteiger partial charge in [0.05, 0.1) is 6.26 Å². The topological polar surface area (TPSA) is 115 Å². The predicted octanol–water partition coefficient (Wildman–Crippen LogP) is 3.84. The number of furan rings is 1. The first kappa shape index (κ1) is 21.4. The number of carbonyl (C=O) groups excluding carboxylic acids is 1. The highest BCUT2D eigenvalue weighted by atomic mass is 35.5. The summed E-state index contributed by atoms with van der Waals surface area (Å²) < 4.78 is 12.3. The van der Waals surface area contributed by atoms with Gasteiger partial charge in [-0.25, -0.2) is 4.98 Å². The van der Waals surface area contributed by atoms with E-state index < -0.39 is 5.91 Å². The minimum atomic E-state index is -0.417. The fraction of sp³-hybridized carbons (Fsp3) is 0.182. The van der Waals surface area contributed by atoms with Crippen molar-refractivity contribution in [2.45, 2.75) is 19.8 Å². The van der Waals surface area contributed by atoms with Crippen LogP contribution in [0.2, 0.25) is 5.02 Å². The van der Waals surface area contributed by atoms with Gasteiger partial charge in [-0.1, -0.05) is 24.9 Å². The molecule has 4 aromatic rings. The van der Waals surface area contributed by atoms with Gasteiger partial charge in [-0.05, 0) is 42.8 Å². The molecule has 1 amide bonds. The van der Waals surface area contributed by atoms with E-state index >= 15 is 0 Å². The maximum atomic E-state index is 12.5. The molecule has 0 aliphatic carbocycles. The van der Waals surface area contributed by atoms with Gasteiger partial charge in [0.15, 0.2) is 12.4 Å². The molecule has 0 bridgehead atoms. The number of ether oxygens (including phenoxy) is 1. The molecule has 0 unspecified atom stereocenters. The van der Waals surface area contributed by atoms with Crippen LogP contribution < -0.4 is 15.6 Å². The van der Waals surface area contributed by atoms with Crippen molar-refractivity contribution < 1.29 is 13.9 Å². The highest BCUT2D eigenvalue weighted by Crippen LogP contribution is 2.24. The number of halogens is 1. The molecule has 3 heterocycles. The minimum absolute atomic E-state index is 0.188. The third kappa shape index (κ3) is 5.06. The molecule has 0 saturated carbocycles. The highest BCUT2D eigenvalue weighted by Gasteiger charge is 2.17. The van der Waals surface area contributed by atoms with Crippen LogP contribution in [0.3, 0.4) is 0 Å². The van der Waals surface area contributed by atoms with Crippen LogP contribution >= 0.6 is 11.6 Å². The maximum absolute atomic E-state index is 12.5. The van der Waals surface area contributed by atoms with Gasteiger partial charge in [-0.2, -0.15) is 9.78 Å². The third-order valence-corrected chi connectivity index (χ3v) is 4.68. The van der Waals surface area contributed by atoms with Crippen LogP contribution in [-0.4, -0.2) is 32.3 Å². The zero-order valence-corrected chi connectivity index (χ0v) is 17.9. The smallest absolute Gasteiger partial charge is 0.263 e. The summed E-state index contributed by atoms with van der Waals surface area (Å²) in [4.78, 5) is 31.8. The van der Waals surface area contributed by atoms with E-state index in [1.807, 2.05) is 6.92 Å². The largest absolute Gasteiger partial charge is 0.484 e. The van der Waals surface area contributed by atoms with Crippen molar-refractivity contribution in [2.75, 3.05) is 11.9 Å². The van der Waals surface area contributed by atoms with Gasteiger partial charge in [0, 0.05) is 22.8 Å². The van der Waals surface area contributed by atoms with Crippen molar-refractivity contribution in [1.29, 1.82) is 0 Å². The molecule has 0 atom stereocenters. The van der Waals surface area contributed by atoms with Crippen LogP contribution in [0.5, 0.6) is 5.75 Å². The van der Waals surface area contributed by atoms with E-state index in [4.69, 9.17) is 20.8 Å². The van der Waals surface area contributed by atoms with E-state index in [0.29, 0.717) is 40.2 Å². The van der Waals surface area contributed by atoms with Crippen molar-refractivity contribution >= 4 is 23.3 Å². The Bertz CT molecular complexity index is 1260. The fourth-order valence-corrected chi connectivity index (χ4v) is 3.14. The van der Waals surface area contributed by atoms with E-state index in [9.17, 15) is 9.59 Å². The number of amides is 1. The Morgan fingerprint density at radius 1 is 1.25 bits per heavy atom. The lowest BCUT2D eigenvalue weighted by molar-refractivity contribution is -0.118. The SMILES string of the molecule is CCCc1cc(=O)[nH]c(-n2nc(-c3ccco3)cc2NC(=O)COc2ccc(Cl)cc2)n1. The first-order valence-corrected chi connectivity index (χ1v) is 10.3. The number of rotatable bonds is 8. The number of H-pyrrole nitrogens is 1. The molecule has 9 nitrogen and oxygen atoms in total. The molecule has 10 heteroatoms. The second-order valence-electron chi connectivity index (χ2n) is 6.91. The van der Waals surface area contributed by atoms with Gasteiger partial charge < -0.3 is 14.5 Å². The molecule has 0 aliphatic rings. The molecular weight excluding hydrogens is 434 g/mol. The van der Waals surface area contributed by atoms with Crippen molar-refractivity contribution in [2.24, 2.45) is 0 Å². The Hall–Kier alpha value is -3.85. The van der Waals surface area contributed by atoms with Gasteiger partial charge in [-0.3, -0.25) is 14.6 Å². The molecule has 4 rings (SSSR count). The lowest BCUT2D eigenvalue weighted by Crippen LogP contribution is -2.23. The number of aromatic amines is 1. The maximum Gasteiger partial charge on any atom is 0.263 e. The van der Waals surface area contributed by atoms with Crippen molar-refractivity contribution in [1.82, 2.24) is 19.7 Å². The van der Waals surface area contributed by atoms with Gasteiger partial charge in [-0.15, -0.1) is 0 Å². The zero-order chi connectivity index (χ0) is 22.5. The van der Waals surface area contributed by atoms with E-state index in [1.165, 1.54) is 17.0 Å². The summed E-state index contributed by atoms with van der Waals surface area (Å²) in [7, 11) is 0. The second-order valence-corrected chi connectivity index (χ2v) is 7.34. The van der Waals surface area contributed by atoms with Gasteiger partial charge in [0.1, 0.15) is 17.3 Å². The molecule has 0 fully saturated rings. The minimum Gasteiger partial charge on any atom is -0.484 e. The van der Waals surface area contributed by atoms with Crippen LogP contribution in [0.1, 0.15) is 19.0 Å². The molecular formula is C22H20ClN5O4. The normalized spacial score (nSPS) is 10.8. The first-order valence-electron chi connectivity index (χ1n) is 9.94. The molecule has 0 spiro atoms. The fourth-order valence-electron chi connectivity index (χ4n) is 3.01. The molecule has 32 heavy (non-hydrogen) atoms. The number of nitrogens with zero attached hydrogens (tertiary/aromatic N) is 3. The number of benzene rings is 1. The first-order chi connectivity index (χ1) is 15.5. The van der Waals surface area contributed by atoms with E-state index in [0.717, 1.165) is 6.42 Å². The molecule has 0 saturated heterocycles. The van der Waals surface area contributed by atoms with E-state index in [2.05, 4.69) is 20.4 Å². The van der Waals surface area contributed by atoms with Crippen molar-refractivity contribution in [3.05, 3.63) is 75.9 Å². The average Bonchev–Trinajstić information content (AvgIpc) is 3.43. The Balaban J connectivity index is 1.61. The van der Waals surface area contributed by atoms with Crippen LogP contribution in [0.4, 0.5) is 5.82 Å². The summed E-state index contributed by atoms with van der Waals surface area (Å²) in [5.74, 6) is 1.08. The van der Waals surface area contributed by atoms with Crippen molar-refractivity contribution in [3.63, 3.8) is 0 Å². The van der Waals surface area contributed by atoms with E-state index in [1.54, 1.807) is 42.5 Å². The lowest BCUT2D eigenvalue weighted by Gasteiger charge is -2.10. The molecule has 0 aliphatic heterocycles.